The van der Waals surface area contributed by atoms with Crippen molar-refractivity contribution in [2.75, 3.05) is 18.4 Å². The van der Waals surface area contributed by atoms with Crippen LogP contribution in [0, 0.1) is 10.5 Å². The molecule has 0 aliphatic rings. The Morgan fingerprint density at radius 2 is 1.71 bits per heavy atom. The number of amides is 1. The molecule has 0 unspecified atom stereocenters. The van der Waals surface area contributed by atoms with E-state index in [0.29, 0.717) is 24.3 Å². The van der Waals surface area contributed by atoms with Gasteiger partial charge >= 0.3 is 0 Å². The standard InChI is InChI=1S/C19H22IN3O3S2/c1-4-23(5-2)28(25,26)16-10-8-15(9-11-16)21-19(27)22-18(24)14-7-6-13(3)17(20)12-14/h6-12H,4-5H2,1-3H3,(H2,21,22,24,27). The zero-order chi connectivity index (χ0) is 20.9. The normalized spacial score (nSPS) is 11.3. The van der Waals surface area contributed by atoms with Crippen molar-refractivity contribution < 1.29 is 13.2 Å². The summed E-state index contributed by atoms with van der Waals surface area (Å²) in [5.74, 6) is -0.309. The van der Waals surface area contributed by atoms with E-state index in [0.717, 1.165) is 9.13 Å². The summed E-state index contributed by atoms with van der Waals surface area (Å²) in [7, 11) is -3.51. The number of benzene rings is 2. The van der Waals surface area contributed by atoms with Crippen molar-refractivity contribution >= 4 is 61.5 Å². The Kier molecular flexibility index (Phi) is 7.93. The molecule has 0 radical (unpaired) electrons. The molecule has 150 valence electrons. The molecular weight excluding hydrogens is 509 g/mol. The molecule has 0 atom stereocenters. The molecule has 9 heteroatoms. The lowest BCUT2D eigenvalue weighted by Crippen LogP contribution is -2.34. The van der Waals surface area contributed by atoms with Gasteiger partial charge in [-0.3, -0.25) is 10.1 Å². The summed E-state index contributed by atoms with van der Waals surface area (Å²) in [5.41, 5.74) is 2.19. The maximum Gasteiger partial charge on any atom is 0.257 e. The molecule has 0 aliphatic heterocycles. The van der Waals surface area contributed by atoms with Crippen LogP contribution in [0.25, 0.3) is 0 Å². The van der Waals surface area contributed by atoms with Gasteiger partial charge in [0.05, 0.1) is 4.90 Å². The highest BCUT2D eigenvalue weighted by atomic mass is 127. The van der Waals surface area contributed by atoms with Crippen LogP contribution in [0.2, 0.25) is 0 Å². The van der Waals surface area contributed by atoms with Gasteiger partial charge in [-0.15, -0.1) is 0 Å². The average Bonchev–Trinajstić information content (AvgIpc) is 2.65. The van der Waals surface area contributed by atoms with Crippen LogP contribution in [0.15, 0.2) is 47.4 Å². The Morgan fingerprint density at radius 1 is 1.11 bits per heavy atom. The molecule has 28 heavy (non-hydrogen) atoms. The maximum atomic E-state index is 12.5. The molecule has 0 bridgehead atoms. The Hall–Kier alpha value is -1.56. The summed E-state index contributed by atoms with van der Waals surface area (Å²) in [5, 5.41) is 5.66. The molecular formula is C19H22IN3O3S2. The minimum atomic E-state index is -3.51. The van der Waals surface area contributed by atoms with Gasteiger partial charge in [0.1, 0.15) is 0 Å². The van der Waals surface area contributed by atoms with Crippen molar-refractivity contribution in [1.82, 2.24) is 9.62 Å². The fourth-order valence-electron chi connectivity index (χ4n) is 2.49. The minimum Gasteiger partial charge on any atom is -0.332 e. The van der Waals surface area contributed by atoms with E-state index in [1.165, 1.54) is 16.4 Å². The smallest absolute Gasteiger partial charge is 0.257 e. The first-order valence-electron chi connectivity index (χ1n) is 8.67. The number of hydrogen-bond acceptors (Lipinski definition) is 4. The Balaban J connectivity index is 2.04. The third-order valence-corrected chi connectivity index (χ3v) is 7.55. The summed E-state index contributed by atoms with van der Waals surface area (Å²) in [6.07, 6.45) is 0. The topological polar surface area (TPSA) is 78.5 Å². The number of halogens is 1. The van der Waals surface area contributed by atoms with Gasteiger partial charge in [-0.2, -0.15) is 4.31 Å². The minimum absolute atomic E-state index is 0.139. The largest absolute Gasteiger partial charge is 0.332 e. The van der Waals surface area contributed by atoms with Crippen LogP contribution in [0.1, 0.15) is 29.8 Å². The highest BCUT2D eigenvalue weighted by Gasteiger charge is 2.21. The third kappa shape index (κ3) is 5.49. The predicted octanol–water partition coefficient (Wildman–Crippen LogP) is 3.76. The lowest BCUT2D eigenvalue weighted by Gasteiger charge is -2.18. The highest BCUT2D eigenvalue weighted by Crippen LogP contribution is 2.18. The molecule has 0 heterocycles. The summed E-state index contributed by atoms with van der Waals surface area (Å²) in [6.45, 7) is 6.39. The van der Waals surface area contributed by atoms with Gasteiger partial charge in [-0.25, -0.2) is 8.42 Å². The molecule has 0 fully saturated rings. The lowest BCUT2D eigenvalue weighted by atomic mass is 10.1. The highest BCUT2D eigenvalue weighted by molar-refractivity contribution is 14.1. The van der Waals surface area contributed by atoms with Gasteiger partial charge in [0, 0.05) is 27.9 Å². The monoisotopic (exact) mass is 531 g/mol. The molecule has 0 aliphatic carbocycles. The third-order valence-electron chi connectivity index (χ3n) is 4.12. The van der Waals surface area contributed by atoms with Crippen LogP contribution in [-0.4, -0.2) is 36.8 Å². The molecule has 2 aromatic rings. The summed E-state index contributed by atoms with van der Waals surface area (Å²) in [4.78, 5) is 12.5. The van der Waals surface area contributed by atoms with Crippen molar-refractivity contribution in [3.05, 3.63) is 57.2 Å². The zero-order valence-corrected chi connectivity index (χ0v) is 19.6. The number of carbonyl (C=O) groups excluding carboxylic acids is 1. The van der Waals surface area contributed by atoms with Gasteiger partial charge < -0.3 is 5.32 Å². The fourth-order valence-corrected chi connectivity index (χ4v) is 4.68. The van der Waals surface area contributed by atoms with Gasteiger partial charge in [-0.1, -0.05) is 19.9 Å². The van der Waals surface area contributed by atoms with Crippen molar-refractivity contribution in [3.8, 4) is 0 Å². The number of aryl methyl sites for hydroxylation is 1. The van der Waals surface area contributed by atoms with E-state index in [2.05, 4.69) is 33.2 Å². The van der Waals surface area contributed by atoms with Crippen LogP contribution in [-0.2, 0) is 10.0 Å². The molecule has 6 nitrogen and oxygen atoms in total. The molecule has 0 saturated heterocycles. The van der Waals surface area contributed by atoms with Gasteiger partial charge in [-0.05, 0) is 83.7 Å². The number of rotatable bonds is 6. The molecule has 2 aromatic carbocycles. The van der Waals surface area contributed by atoms with Crippen LogP contribution in [0.3, 0.4) is 0 Å². The van der Waals surface area contributed by atoms with Crippen molar-refractivity contribution in [2.24, 2.45) is 0 Å². The van der Waals surface area contributed by atoms with Gasteiger partial charge in [0.25, 0.3) is 5.91 Å². The molecule has 2 rings (SSSR count). The number of hydrogen-bond donors (Lipinski definition) is 2. The van der Waals surface area contributed by atoms with Gasteiger partial charge in [0.2, 0.25) is 10.0 Å². The lowest BCUT2D eigenvalue weighted by molar-refractivity contribution is 0.0977. The zero-order valence-electron chi connectivity index (χ0n) is 15.8. The van der Waals surface area contributed by atoms with Crippen molar-refractivity contribution in [3.63, 3.8) is 0 Å². The Labute approximate surface area is 184 Å². The fraction of sp³-hybridized carbons (Fsp3) is 0.263. The number of nitrogens with zero attached hydrogens (tertiary/aromatic N) is 1. The summed E-state index contributed by atoms with van der Waals surface area (Å²) in [6, 6.07) is 11.7. The van der Waals surface area contributed by atoms with Gasteiger partial charge in [0.15, 0.2) is 5.11 Å². The summed E-state index contributed by atoms with van der Waals surface area (Å²) < 4.78 is 27.4. The SMILES string of the molecule is CCN(CC)S(=O)(=O)c1ccc(NC(=S)NC(=O)c2ccc(C)c(I)c2)cc1. The second-order valence-corrected chi connectivity index (χ2v) is 9.49. The van der Waals surface area contributed by atoms with Crippen LogP contribution >= 0.6 is 34.8 Å². The number of carbonyl (C=O) groups is 1. The van der Waals surface area contributed by atoms with E-state index < -0.39 is 10.0 Å². The molecule has 0 aromatic heterocycles. The average molecular weight is 531 g/mol. The van der Waals surface area contributed by atoms with E-state index >= 15 is 0 Å². The van der Waals surface area contributed by atoms with E-state index in [9.17, 15) is 13.2 Å². The number of nitrogens with one attached hydrogen (secondary N) is 2. The molecule has 1 amide bonds. The molecule has 0 spiro atoms. The molecule has 0 saturated carbocycles. The first kappa shape index (κ1) is 22.7. The van der Waals surface area contributed by atoms with Crippen molar-refractivity contribution in [2.45, 2.75) is 25.7 Å². The first-order chi connectivity index (χ1) is 13.2. The Bertz CT molecular complexity index is 972. The Morgan fingerprint density at radius 3 is 2.25 bits per heavy atom. The second-order valence-electron chi connectivity index (χ2n) is 5.99. The number of thiocarbonyl (C=S) groups is 1. The van der Waals surface area contributed by atoms with Crippen LogP contribution in [0.5, 0.6) is 0 Å². The van der Waals surface area contributed by atoms with E-state index in [4.69, 9.17) is 12.2 Å². The summed E-state index contributed by atoms with van der Waals surface area (Å²) >= 11 is 7.36. The van der Waals surface area contributed by atoms with Crippen molar-refractivity contribution in [1.29, 1.82) is 0 Å². The predicted molar refractivity (Wildman–Crippen MR) is 124 cm³/mol. The second kappa shape index (κ2) is 9.77. The maximum absolute atomic E-state index is 12.5. The van der Waals surface area contributed by atoms with Crippen LogP contribution in [0.4, 0.5) is 5.69 Å². The van der Waals surface area contributed by atoms with E-state index in [1.54, 1.807) is 38.1 Å². The first-order valence-corrected chi connectivity index (χ1v) is 11.6. The molecule has 2 N–H and O–H groups in total. The number of anilines is 1. The number of sulfonamides is 1. The van der Waals surface area contributed by atoms with Crippen LogP contribution < -0.4 is 10.6 Å². The van der Waals surface area contributed by atoms with E-state index in [1.807, 2.05) is 13.0 Å². The van der Waals surface area contributed by atoms with E-state index in [-0.39, 0.29) is 15.9 Å². The quantitative estimate of drug-likeness (QED) is 0.439.